The molecule has 1 aromatic rings. The Balaban J connectivity index is 1.56. The fourth-order valence-electron chi connectivity index (χ4n) is 4.41. The summed E-state index contributed by atoms with van der Waals surface area (Å²) < 4.78 is 13.0. The number of nitrogens with one attached hydrogen (secondary N) is 2. The van der Waals surface area contributed by atoms with Gasteiger partial charge in [-0.1, -0.05) is 33.1 Å². The number of piperazine rings is 1. The van der Waals surface area contributed by atoms with Crippen LogP contribution in [0.1, 0.15) is 46.0 Å². The number of nitrogens with zero attached hydrogens (tertiary/aromatic N) is 2. The summed E-state index contributed by atoms with van der Waals surface area (Å²) in [5.41, 5.74) is 0.581. The molecule has 2 aliphatic rings. The highest BCUT2D eigenvalue weighted by molar-refractivity contribution is 5.89. The summed E-state index contributed by atoms with van der Waals surface area (Å²) >= 11 is 0. The summed E-state index contributed by atoms with van der Waals surface area (Å²) in [6, 6.07) is 5.50. The minimum atomic E-state index is -0.328. The third-order valence-corrected chi connectivity index (χ3v) is 6.53. The molecule has 2 fully saturated rings. The van der Waals surface area contributed by atoms with E-state index in [2.05, 4.69) is 29.4 Å². The molecule has 30 heavy (non-hydrogen) atoms. The van der Waals surface area contributed by atoms with Crippen molar-refractivity contribution in [2.24, 2.45) is 11.8 Å². The van der Waals surface area contributed by atoms with Gasteiger partial charge in [-0.3, -0.25) is 9.69 Å². The van der Waals surface area contributed by atoms with Gasteiger partial charge in [-0.05, 0) is 48.9 Å². The van der Waals surface area contributed by atoms with E-state index >= 15 is 0 Å². The van der Waals surface area contributed by atoms with Gasteiger partial charge in [0, 0.05) is 38.4 Å². The first-order valence-electron chi connectivity index (χ1n) is 11.3. The molecule has 6 nitrogen and oxygen atoms in total. The average Bonchev–Trinajstić information content (AvgIpc) is 3.28. The van der Waals surface area contributed by atoms with E-state index < -0.39 is 0 Å². The molecule has 2 N–H and O–H groups in total. The van der Waals surface area contributed by atoms with Crippen LogP contribution < -0.4 is 10.6 Å². The van der Waals surface area contributed by atoms with E-state index in [4.69, 9.17) is 0 Å². The molecule has 166 valence electrons. The number of anilines is 1. The van der Waals surface area contributed by atoms with Crippen molar-refractivity contribution in [2.75, 3.05) is 38.0 Å². The molecular formula is C23H35FN4O2. The highest BCUT2D eigenvalue weighted by Gasteiger charge is 2.37. The second-order valence-electron chi connectivity index (χ2n) is 8.71. The van der Waals surface area contributed by atoms with E-state index in [9.17, 15) is 14.0 Å². The fourth-order valence-corrected chi connectivity index (χ4v) is 4.41. The number of amides is 3. The van der Waals surface area contributed by atoms with Gasteiger partial charge >= 0.3 is 6.03 Å². The molecule has 2 atom stereocenters. The van der Waals surface area contributed by atoms with Gasteiger partial charge in [0.1, 0.15) is 5.82 Å². The van der Waals surface area contributed by atoms with Gasteiger partial charge in [-0.2, -0.15) is 0 Å². The van der Waals surface area contributed by atoms with E-state index in [1.54, 1.807) is 17.0 Å². The highest BCUT2D eigenvalue weighted by atomic mass is 19.1. The maximum Gasteiger partial charge on any atom is 0.321 e. The molecule has 0 radical (unpaired) electrons. The first-order valence-corrected chi connectivity index (χ1v) is 11.3. The Labute approximate surface area is 179 Å². The predicted octanol–water partition coefficient (Wildman–Crippen LogP) is 3.70. The molecule has 0 aromatic heterocycles. The smallest absolute Gasteiger partial charge is 0.321 e. The number of hydrogen-bond donors (Lipinski definition) is 2. The van der Waals surface area contributed by atoms with Crippen LogP contribution in [0.4, 0.5) is 14.9 Å². The van der Waals surface area contributed by atoms with Crippen LogP contribution in [0.2, 0.25) is 0 Å². The SMILES string of the molecule is CC[C@@H](C)CNC(=O)[C@@H](C1CCCC1)N1CCN(C(=O)Nc2ccc(F)cc2)CC1. The summed E-state index contributed by atoms with van der Waals surface area (Å²) in [5, 5.41) is 6.00. The van der Waals surface area contributed by atoms with Crippen molar-refractivity contribution in [2.45, 2.75) is 52.0 Å². The van der Waals surface area contributed by atoms with Gasteiger partial charge in [0.2, 0.25) is 5.91 Å². The lowest BCUT2D eigenvalue weighted by Gasteiger charge is -2.40. The summed E-state index contributed by atoms with van der Waals surface area (Å²) in [6.45, 7) is 7.55. The van der Waals surface area contributed by atoms with Crippen LogP contribution in [0.3, 0.4) is 0 Å². The minimum absolute atomic E-state index is 0.0983. The van der Waals surface area contributed by atoms with E-state index in [0.717, 1.165) is 25.8 Å². The highest BCUT2D eigenvalue weighted by Crippen LogP contribution is 2.31. The Morgan fingerprint density at radius 3 is 2.33 bits per heavy atom. The molecule has 3 amide bonds. The molecule has 1 saturated carbocycles. The van der Waals surface area contributed by atoms with Crippen molar-refractivity contribution in [3.05, 3.63) is 30.1 Å². The molecule has 1 aliphatic carbocycles. The van der Waals surface area contributed by atoms with E-state index in [1.165, 1.54) is 25.0 Å². The number of carbonyl (C=O) groups is 2. The molecule has 0 unspecified atom stereocenters. The third-order valence-electron chi connectivity index (χ3n) is 6.53. The lowest BCUT2D eigenvalue weighted by molar-refractivity contribution is -0.129. The van der Waals surface area contributed by atoms with Crippen molar-refractivity contribution in [3.63, 3.8) is 0 Å². The Bertz CT molecular complexity index is 698. The second kappa shape index (κ2) is 10.8. The van der Waals surface area contributed by atoms with Gasteiger partial charge < -0.3 is 15.5 Å². The van der Waals surface area contributed by atoms with E-state index in [0.29, 0.717) is 43.7 Å². The maximum absolute atomic E-state index is 13.1. The van der Waals surface area contributed by atoms with E-state index in [-0.39, 0.29) is 23.8 Å². The molecule has 1 saturated heterocycles. The van der Waals surface area contributed by atoms with Gasteiger partial charge in [0.05, 0.1) is 6.04 Å². The van der Waals surface area contributed by atoms with Gasteiger partial charge in [-0.25, -0.2) is 9.18 Å². The van der Waals surface area contributed by atoms with Crippen molar-refractivity contribution in [1.82, 2.24) is 15.1 Å². The zero-order valence-corrected chi connectivity index (χ0v) is 18.2. The zero-order valence-electron chi connectivity index (χ0n) is 18.2. The number of benzene rings is 1. The van der Waals surface area contributed by atoms with Crippen molar-refractivity contribution >= 4 is 17.6 Å². The topological polar surface area (TPSA) is 64.7 Å². The molecule has 1 heterocycles. The van der Waals surface area contributed by atoms with Crippen LogP contribution in [0, 0.1) is 17.7 Å². The molecule has 1 aromatic carbocycles. The second-order valence-corrected chi connectivity index (χ2v) is 8.71. The average molecular weight is 419 g/mol. The maximum atomic E-state index is 13.1. The Hall–Kier alpha value is -2.15. The monoisotopic (exact) mass is 418 g/mol. The molecule has 7 heteroatoms. The zero-order chi connectivity index (χ0) is 21.5. The summed E-state index contributed by atoms with van der Waals surface area (Å²) in [4.78, 5) is 29.6. The number of rotatable bonds is 7. The van der Waals surface area contributed by atoms with Gasteiger partial charge in [0.15, 0.2) is 0 Å². The van der Waals surface area contributed by atoms with Crippen LogP contribution in [0.15, 0.2) is 24.3 Å². The number of hydrogen-bond acceptors (Lipinski definition) is 3. The quantitative estimate of drug-likeness (QED) is 0.710. The van der Waals surface area contributed by atoms with Gasteiger partial charge in [0.25, 0.3) is 0 Å². The van der Waals surface area contributed by atoms with Crippen molar-refractivity contribution in [3.8, 4) is 0 Å². The number of halogens is 1. The molecule has 3 rings (SSSR count). The van der Waals surface area contributed by atoms with Crippen molar-refractivity contribution < 1.29 is 14.0 Å². The molecule has 1 aliphatic heterocycles. The Morgan fingerprint density at radius 1 is 1.10 bits per heavy atom. The Kier molecular flexibility index (Phi) is 8.08. The van der Waals surface area contributed by atoms with Crippen LogP contribution in [0.5, 0.6) is 0 Å². The molecule has 0 spiro atoms. The fraction of sp³-hybridized carbons (Fsp3) is 0.652. The summed E-state index contributed by atoms with van der Waals surface area (Å²) in [7, 11) is 0. The largest absolute Gasteiger partial charge is 0.354 e. The van der Waals surface area contributed by atoms with Crippen LogP contribution in [0.25, 0.3) is 0 Å². The summed E-state index contributed by atoms with van der Waals surface area (Å²) in [6.07, 6.45) is 5.65. The van der Waals surface area contributed by atoms with Crippen LogP contribution in [-0.2, 0) is 4.79 Å². The minimum Gasteiger partial charge on any atom is -0.354 e. The van der Waals surface area contributed by atoms with Crippen LogP contribution >= 0.6 is 0 Å². The molecular weight excluding hydrogens is 383 g/mol. The predicted molar refractivity (Wildman–Crippen MR) is 117 cm³/mol. The first-order chi connectivity index (χ1) is 14.5. The third kappa shape index (κ3) is 5.94. The number of carbonyl (C=O) groups excluding carboxylic acids is 2. The normalized spacial score (nSPS) is 20.0. The van der Waals surface area contributed by atoms with Crippen LogP contribution in [-0.4, -0.2) is 60.5 Å². The standard InChI is InChI=1S/C23H35FN4O2/c1-3-17(2)16-25-22(29)21(18-6-4-5-7-18)27-12-14-28(15-13-27)23(30)26-20-10-8-19(24)9-11-20/h8-11,17-18,21H,3-7,12-16H2,1-2H3,(H,25,29)(H,26,30)/t17-,21-/m1/s1. The lowest BCUT2D eigenvalue weighted by Crippen LogP contribution is -2.58. The van der Waals surface area contributed by atoms with E-state index in [1.807, 2.05) is 0 Å². The summed E-state index contributed by atoms with van der Waals surface area (Å²) in [5.74, 6) is 0.698. The lowest BCUT2D eigenvalue weighted by atomic mass is 9.94. The number of urea groups is 1. The van der Waals surface area contributed by atoms with Gasteiger partial charge in [-0.15, -0.1) is 0 Å². The van der Waals surface area contributed by atoms with Crippen molar-refractivity contribution in [1.29, 1.82) is 0 Å². The first kappa shape index (κ1) is 22.5. The molecule has 0 bridgehead atoms. The Morgan fingerprint density at radius 2 is 1.73 bits per heavy atom.